The van der Waals surface area contributed by atoms with Crippen LogP contribution in [0.4, 0.5) is 5.00 Å². The van der Waals surface area contributed by atoms with Gasteiger partial charge in [-0.2, -0.15) is 5.10 Å². The highest BCUT2D eigenvalue weighted by atomic mass is 32.1. The maximum absolute atomic E-state index is 13.2. The van der Waals surface area contributed by atoms with Crippen LogP contribution in [0.15, 0.2) is 47.6 Å². The van der Waals surface area contributed by atoms with E-state index in [1.165, 1.54) is 27.3 Å². The summed E-state index contributed by atoms with van der Waals surface area (Å²) in [5.41, 5.74) is 9.17. The lowest BCUT2D eigenvalue weighted by atomic mass is 10.1. The highest BCUT2D eigenvalue weighted by molar-refractivity contribution is 7.17. The summed E-state index contributed by atoms with van der Waals surface area (Å²) >= 11 is 1.50. The summed E-state index contributed by atoms with van der Waals surface area (Å²) in [6.07, 6.45) is 4.43. The minimum absolute atomic E-state index is 0.215. The number of carbonyl (C=O) groups excluding carboxylic acids is 2. The zero-order valence-corrected chi connectivity index (χ0v) is 24.2. The van der Waals surface area contributed by atoms with Crippen LogP contribution in [0.25, 0.3) is 0 Å². The Morgan fingerprint density at radius 1 is 1.03 bits per heavy atom. The Hall–Kier alpha value is -3.33. The molecule has 0 unspecified atom stereocenters. The number of nitrogens with one attached hydrogen (secondary N) is 3. The van der Waals surface area contributed by atoms with Crippen LogP contribution in [0.5, 0.6) is 0 Å². The molecule has 0 spiro atoms. The normalized spacial score (nSPS) is 12.7. The number of likely N-dealkylation sites (N-methyl/N-ethyl adjacent to an activating group) is 1. The predicted octanol–water partition coefficient (Wildman–Crippen LogP) is 5.30. The third kappa shape index (κ3) is 7.41. The lowest BCUT2D eigenvalue weighted by Crippen LogP contribution is -2.31. The molecule has 0 bridgehead atoms. The summed E-state index contributed by atoms with van der Waals surface area (Å²) in [4.78, 5) is 30.0. The fraction of sp³-hybridized carbons (Fsp3) is 0.387. The van der Waals surface area contributed by atoms with E-state index in [1.807, 2.05) is 42.5 Å². The minimum atomic E-state index is -0.295. The Kier molecular flexibility index (Phi) is 10.0. The number of carbonyl (C=O) groups is 2. The van der Waals surface area contributed by atoms with Gasteiger partial charge in [-0.15, -0.1) is 11.3 Å². The van der Waals surface area contributed by atoms with Crippen molar-refractivity contribution in [3.05, 3.63) is 86.3 Å². The lowest BCUT2D eigenvalue weighted by Gasteiger charge is -2.18. The first kappa shape index (κ1) is 28.7. The molecule has 0 atom stereocenters. The Labute approximate surface area is 235 Å². The Bertz CT molecular complexity index is 1340. The van der Waals surface area contributed by atoms with Crippen molar-refractivity contribution in [1.82, 2.24) is 15.6 Å². The second-order valence-electron chi connectivity index (χ2n) is 9.96. The first-order valence-electron chi connectivity index (χ1n) is 13.8. The van der Waals surface area contributed by atoms with Crippen molar-refractivity contribution >= 4 is 34.4 Å². The number of hydrazone groups is 1. The summed E-state index contributed by atoms with van der Waals surface area (Å²) in [7, 11) is 0. The van der Waals surface area contributed by atoms with Gasteiger partial charge in [0.1, 0.15) is 5.00 Å². The Morgan fingerprint density at radius 3 is 2.62 bits per heavy atom. The zero-order chi connectivity index (χ0) is 27.8. The molecule has 0 saturated heterocycles. The molecule has 39 heavy (non-hydrogen) atoms. The summed E-state index contributed by atoms with van der Waals surface area (Å²) in [6, 6.07) is 13.7. The van der Waals surface area contributed by atoms with Gasteiger partial charge in [0.05, 0.1) is 11.8 Å². The van der Waals surface area contributed by atoms with Crippen molar-refractivity contribution in [2.45, 2.75) is 53.5 Å². The molecule has 8 heteroatoms. The van der Waals surface area contributed by atoms with Crippen LogP contribution >= 0.6 is 11.3 Å². The average molecular weight is 546 g/mol. The number of benzene rings is 2. The van der Waals surface area contributed by atoms with Gasteiger partial charge in [-0.3, -0.25) is 9.59 Å². The van der Waals surface area contributed by atoms with Crippen molar-refractivity contribution in [2.75, 3.05) is 31.5 Å². The first-order chi connectivity index (χ1) is 18.9. The number of nitrogens with zero attached hydrogens (tertiary/aromatic N) is 2. The van der Waals surface area contributed by atoms with Crippen LogP contribution in [0, 0.1) is 13.8 Å². The van der Waals surface area contributed by atoms with Gasteiger partial charge in [0.25, 0.3) is 11.8 Å². The third-order valence-corrected chi connectivity index (χ3v) is 8.51. The quantitative estimate of drug-likeness (QED) is 0.164. The van der Waals surface area contributed by atoms with E-state index in [0.29, 0.717) is 22.7 Å². The van der Waals surface area contributed by atoms with E-state index in [2.05, 4.69) is 53.8 Å². The maximum Gasteiger partial charge on any atom is 0.274 e. The lowest BCUT2D eigenvalue weighted by molar-refractivity contribution is 0.0955. The molecule has 1 aliphatic rings. The molecule has 206 valence electrons. The van der Waals surface area contributed by atoms with E-state index in [-0.39, 0.29) is 11.8 Å². The second-order valence-corrected chi connectivity index (χ2v) is 11.1. The van der Waals surface area contributed by atoms with Gasteiger partial charge in [0, 0.05) is 30.1 Å². The summed E-state index contributed by atoms with van der Waals surface area (Å²) in [5, 5.41) is 11.3. The van der Waals surface area contributed by atoms with Crippen molar-refractivity contribution in [2.24, 2.45) is 5.10 Å². The standard InChI is InChI=1S/C31H39N5O2S/c1-5-36(6-2)16-15-32-19-23-9-7-10-25(18-23)29(37)34-31-28(26-11-8-12-27(26)39-31)30(38)35-33-20-24-14-13-21(3)22(4)17-24/h7,9-10,13-14,17-18,20,32H,5-6,8,11-12,15-16,19H2,1-4H3,(H,34,37)(H,35,38). The molecule has 1 aliphatic carbocycles. The third-order valence-electron chi connectivity index (χ3n) is 7.30. The van der Waals surface area contributed by atoms with E-state index >= 15 is 0 Å². The van der Waals surface area contributed by atoms with Gasteiger partial charge in [-0.1, -0.05) is 44.2 Å². The minimum Gasteiger partial charge on any atom is -0.313 e. The smallest absolute Gasteiger partial charge is 0.274 e. The molecular formula is C31H39N5O2S. The maximum atomic E-state index is 13.2. The molecule has 1 aromatic heterocycles. The van der Waals surface area contributed by atoms with E-state index in [4.69, 9.17) is 0 Å². The molecule has 4 rings (SSSR count). The van der Waals surface area contributed by atoms with Gasteiger partial charge in [0.2, 0.25) is 0 Å². The number of fused-ring (bicyclic) bond motifs is 1. The Balaban J connectivity index is 1.42. The van der Waals surface area contributed by atoms with E-state index < -0.39 is 0 Å². The highest BCUT2D eigenvalue weighted by Crippen LogP contribution is 2.39. The number of hydrogen-bond acceptors (Lipinski definition) is 6. The number of thiophene rings is 1. The molecule has 2 aromatic carbocycles. The van der Waals surface area contributed by atoms with Crippen LogP contribution in [-0.4, -0.2) is 49.1 Å². The van der Waals surface area contributed by atoms with Crippen molar-refractivity contribution in [3.8, 4) is 0 Å². The van der Waals surface area contributed by atoms with Crippen LogP contribution < -0.4 is 16.1 Å². The summed E-state index contributed by atoms with van der Waals surface area (Å²) < 4.78 is 0. The summed E-state index contributed by atoms with van der Waals surface area (Å²) in [5.74, 6) is -0.511. The molecule has 0 aliphatic heterocycles. The van der Waals surface area contributed by atoms with Gasteiger partial charge in [-0.25, -0.2) is 5.43 Å². The van der Waals surface area contributed by atoms with Gasteiger partial charge in [-0.05, 0) is 86.1 Å². The molecule has 3 aromatic rings. The number of rotatable bonds is 12. The highest BCUT2D eigenvalue weighted by Gasteiger charge is 2.27. The molecule has 2 amide bonds. The van der Waals surface area contributed by atoms with Crippen LogP contribution in [-0.2, 0) is 19.4 Å². The predicted molar refractivity (Wildman–Crippen MR) is 161 cm³/mol. The Morgan fingerprint density at radius 2 is 1.85 bits per heavy atom. The molecule has 3 N–H and O–H groups in total. The average Bonchev–Trinajstić information content (AvgIpc) is 3.52. The number of aryl methyl sites for hydroxylation is 3. The fourth-order valence-corrected chi connectivity index (χ4v) is 6.09. The van der Waals surface area contributed by atoms with Crippen molar-refractivity contribution in [1.29, 1.82) is 0 Å². The molecular weight excluding hydrogens is 506 g/mol. The molecule has 7 nitrogen and oxygen atoms in total. The van der Waals surface area contributed by atoms with E-state index in [1.54, 1.807) is 6.21 Å². The number of hydrogen-bond donors (Lipinski definition) is 3. The van der Waals surface area contributed by atoms with E-state index in [0.717, 1.165) is 62.1 Å². The molecule has 0 fully saturated rings. The van der Waals surface area contributed by atoms with Crippen LogP contribution in [0.3, 0.4) is 0 Å². The van der Waals surface area contributed by atoms with Gasteiger partial charge >= 0.3 is 0 Å². The second kappa shape index (κ2) is 13.6. The topological polar surface area (TPSA) is 85.8 Å². The monoisotopic (exact) mass is 545 g/mol. The largest absolute Gasteiger partial charge is 0.313 e. The molecule has 0 saturated carbocycles. The van der Waals surface area contributed by atoms with Gasteiger partial charge < -0.3 is 15.5 Å². The van der Waals surface area contributed by atoms with Crippen LogP contribution in [0.1, 0.15) is 73.7 Å². The SMILES string of the molecule is CCN(CC)CCNCc1cccc(C(=O)Nc2sc3c(c2C(=O)NN=Cc2ccc(C)c(C)c2)CCC3)c1. The van der Waals surface area contributed by atoms with Crippen molar-refractivity contribution in [3.63, 3.8) is 0 Å². The van der Waals surface area contributed by atoms with Crippen molar-refractivity contribution < 1.29 is 9.59 Å². The molecule has 0 radical (unpaired) electrons. The van der Waals surface area contributed by atoms with Gasteiger partial charge in [0.15, 0.2) is 0 Å². The number of amides is 2. The number of anilines is 1. The zero-order valence-electron chi connectivity index (χ0n) is 23.4. The van der Waals surface area contributed by atoms with Crippen LogP contribution in [0.2, 0.25) is 0 Å². The van der Waals surface area contributed by atoms with E-state index in [9.17, 15) is 9.59 Å². The first-order valence-corrected chi connectivity index (χ1v) is 14.6. The molecule has 1 heterocycles. The summed E-state index contributed by atoms with van der Waals surface area (Å²) in [6.45, 7) is 13.1. The fourth-order valence-electron chi connectivity index (χ4n) is 4.81.